The number of benzene rings is 3. The molecule has 180 valence electrons. The summed E-state index contributed by atoms with van der Waals surface area (Å²) in [5.74, 6) is -1.79. The average Bonchev–Trinajstić information content (AvgIpc) is 2.73. The van der Waals surface area contributed by atoms with Crippen molar-refractivity contribution in [1.82, 2.24) is 0 Å². The molecule has 3 N–H and O–H groups in total. The molecule has 7 nitrogen and oxygen atoms in total. The molecule has 0 aliphatic heterocycles. The molecular weight excluding hydrogens is 480 g/mol. The van der Waals surface area contributed by atoms with Gasteiger partial charge in [-0.2, -0.15) is 13.2 Å². The molecule has 0 heterocycles. The normalized spacial score (nSPS) is 11.7. The van der Waals surface area contributed by atoms with Crippen molar-refractivity contribution < 1.29 is 40.2 Å². The van der Waals surface area contributed by atoms with Gasteiger partial charge in [0.25, 0.3) is 5.91 Å². The number of nitrogens with one attached hydrogen (secondary N) is 1. The molecule has 0 aliphatic rings. The number of amides is 1. The molecule has 0 unspecified atom stereocenters. The summed E-state index contributed by atoms with van der Waals surface area (Å²) < 4.78 is 86.0. The van der Waals surface area contributed by atoms with Crippen molar-refractivity contribution in [2.75, 3.05) is 12.4 Å². The number of carbonyl (C=O) groups is 1. The lowest BCUT2D eigenvalue weighted by Crippen LogP contribution is -2.16. The predicted octanol–water partition coefficient (Wildman–Crippen LogP) is 4.63. The summed E-state index contributed by atoms with van der Waals surface area (Å²) in [4.78, 5) is 12.7. The fourth-order valence-electron chi connectivity index (χ4n) is 2.97. The lowest BCUT2D eigenvalue weighted by molar-refractivity contribution is -0.127. The molecule has 0 spiro atoms. The lowest BCUT2D eigenvalue weighted by atomic mass is 10.1. The topological polar surface area (TPSA) is 108 Å². The van der Waals surface area contributed by atoms with Gasteiger partial charge in [-0.05, 0) is 48.0 Å². The van der Waals surface area contributed by atoms with E-state index >= 15 is 0 Å². The van der Waals surface area contributed by atoms with Crippen LogP contribution in [-0.2, 0) is 16.4 Å². The second kappa shape index (κ2) is 9.69. The van der Waals surface area contributed by atoms with Gasteiger partial charge in [-0.25, -0.2) is 17.9 Å². The minimum atomic E-state index is -4.51. The number of ether oxygens (including phenoxy) is 2. The standard InChI is InChI=1S/C22H18F4N2O5S/c1-32-20-10-14(23)6-8-18(20)33-19-9-13(12-22(24,25)26)5-7-17(19)21(29)28-15-3-2-4-16(11-15)34(27,30)31/h2-11H,12H2,1H3,(H,28,29)(H2,27,30,31). The number of hydrogen-bond donors (Lipinski definition) is 2. The van der Waals surface area contributed by atoms with Gasteiger partial charge in [0.2, 0.25) is 10.0 Å². The third kappa shape index (κ3) is 6.45. The van der Waals surface area contributed by atoms with E-state index in [4.69, 9.17) is 14.6 Å². The Morgan fingerprint density at radius 3 is 2.38 bits per heavy atom. The fraction of sp³-hybridized carbons (Fsp3) is 0.136. The third-order valence-corrected chi connectivity index (χ3v) is 5.37. The monoisotopic (exact) mass is 498 g/mol. The molecule has 0 fully saturated rings. The van der Waals surface area contributed by atoms with E-state index in [0.29, 0.717) is 0 Å². The van der Waals surface area contributed by atoms with E-state index in [1.54, 1.807) is 0 Å². The zero-order chi connectivity index (χ0) is 25.1. The van der Waals surface area contributed by atoms with Crippen molar-refractivity contribution in [3.8, 4) is 17.2 Å². The Kier molecular flexibility index (Phi) is 7.12. The Bertz CT molecular complexity index is 1330. The van der Waals surface area contributed by atoms with Crippen LogP contribution in [0.1, 0.15) is 15.9 Å². The van der Waals surface area contributed by atoms with Gasteiger partial charge >= 0.3 is 6.18 Å². The van der Waals surface area contributed by atoms with Gasteiger partial charge in [0.05, 0.1) is 24.0 Å². The highest BCUT2D eigenvalue weighted by Crippen LogP contribution is 2.35. The van der Waals surface area contributed by atoms with E-state index < -0.39 is 34.3 Å². The molecule has 3 aromatic carbocycles. The number of methoxy groups -OCH3 is 1. The molecule has 1 amide bonds. The molecule has 0 aromatic heterocycles. The summed E-state index contributed by atoms with van der Waals surface area (Å²) in [5.41, 5.74) is -0.282. The van der Waals surface area contributed by atoms with Crippen LogP contribution in [0.5, 0.6) is 17.2 Å². The van der Waals surface area contributed by atoms with Gasteiger partial charge < -0.3 is 14.8 Å². The maximum atomic E-state index is 13.5. The molecule has 0 atom stereocenters. The molecule has 12 heteroatoms. The van der Waals surface area contributed by atoms with Crippen molar-refractivity contribution in [2.45, 2.75) is 17.5 Å². The Morgan fingerprint density at radius 1 is 1.00 bits per heavy atom. The van der Waals surface area contributed by atoms with Crippen LogP contribution in [0, 0.1) is 5.82 Å². The van der Waals surface area contributed by atoms with E-state index in [-0.39, 0.29) is 39.0 Å². The Morgan fingerprint density at radius 2 is 1.74 bits per heavy atom. The number of alkyl halides is 3. The summed E-state index contributed by atoms with van der Waals surface area (Å²) in [5, 5.41) is 7.54. The first-order valence-electron chi connectivity index (χ1n) is 9.51. The van der Waals surface area contributed by atoms with Gasteiger partial charge in [-0.15, -0.1) is 0 Å². The summed E-state index contributed by atoms with van der Waals surface area (Å²) in [6, 6.07) is 11.6. The first kappa shape index (κ1) is 25.0. The number of nitrogens with two attached hydrogens (primary N) is 1. The number of primary sulfonamides is 1. The molecule has 0 radical (unpaired) electrons. The van der Waals surface area contributed by atoms with Crippen molar-refractivity contribution in [3.63, 3.8) is 0 Å². The molecule has 0 aliphatic carbocycles. The quantitative estimate of drug-likeness (QED) is 0.462. The Labute approximate surface area is 192 Å². The molecule has 0 bridgehead atoms. The molecule has 0 saturated heterocycles. The molecular formula is C22H18F4N2O5S. The average molecular weight is 498 g/mol. The zero-order valence-electron chi connectivity index (χ0n) is 17.5. The number of halogens is 4. The van der Waals surface area contributed by atoms with Gasteiger partial charge in [0, 0.05) is 11.8 Å². The van der Waals surface area contributed by atoms with Crippen LogP contribution >= 0.6 is 0 Å². The summed E-state index contributed by atoms with van der Waals surface area (Å²) in [6.45, 7) is 0. The molecule has 3 aromatic rings. The number of sulfonamides is 1. The zero-order valence-corrected chi connectivity index (χ0v) is 18.3. The van der Waals surface area contributed by atoms with E-state index in [0.717, 1.165) is 36.4 Å². The van der Waals surface area contributed by atoms with E-state index in [9.17, 15) is 30.8 Å². The highest BCUT2D eigenvalue weighted by Gasteiger charge is 2.28. The predicted molar refractivity (Wildman–Crippen MR) is 115 cm³/mol. The van der Waals surface area contributed by atoms with Crippen LogP contribution in [0.15, 0.2) is 65.6 Å². The first-order valence-corrected chi connectivity index (χ1v) is 11.1. The van der Waals surface area contributed by atoms with Crippen molar-refractivity contribution in [2.24, 2.45) is 5.14 Å². The van der Waals surface area contributed by atoms with Crippen LogP contribution in [-0.4, -0.2) is 27.6 Å². The smallest absolute Gasteiger partial charge is 0.393 e. The van der Waals surface area contributed by atoms with Gasteiger partial charge in [-0.1, -0.05) is 12.1 Å². The second-order valence-corrected chi connectivity index (χ2v) is 8.61. The summed E-state index contributed by atoms with van der Waals surface area (Å²) in [6.07, 6.45) is -5.79. The minimum Gasteiger partial charge on any atom is -0.493 e. The van der Waals surface area contributed by atoms with Crippen LogP contribution in [0.25, 0.3) is 0 Å². The van der Waals surface area contributed by atoms with Crippen molar-refractivity contribution in [1.29, 1.82) is 0 Å². The Hall–Kier alpha value is -3.64. The minimum absolute atomic E-state index is 0.0432. The third-order valence-electron chi connectivity index (χ3n) is 4.46. The number of anilines is 1. The van der Waals surface area contributed by atoms with Gasteiger partial charge in [0.15, 0.2) is 11.5 Å². The largest absolute Gasteiger partial charge is 0.493 e. The molecule has 0 saturated carbocycles. The number of carbonyl (C=O) groups excluding carboxylic acids is 1. The van der Waals surface area contributed by atoms with Gasteiger partial charge in [0.1, 0.15) is 11.6 Å². The summed E-state index contributed by atoms with van der Waals surface area (Å²) >= 11 is 0. The number of hydrogen-bond acceptors (Lipinski definition) is 5. The highest BCUT2D eigenvalue weighted by molar-refractivity contribution is 7.89. The second-order valence-electron chi connectivity index (χ2n) is 7.05. The number of rotatable bonds is 7. The molecule has 34 heavy (non-hydrogen) atoms. The van der Waals surface area contributed by atoms with Crippen LogP contribution < -0.4 is 19.9 Å². The van der Waals surface area contributed by atoms with E-state index in [2.05, 4.69) is 5.32 Å². The lowest BCUT2D eigenvalue weighted by Gasteiger charge is -2.16. The maximum absolute atomic E-state index is 13.5. The fourth-order valence-corrected chi connectivity index (χ4v) is 3.53. The molecule has 3 rings (SSSR count). The van der Waals surface area contributed by atoms with Crippen LogP contribution in [0.4, 0.5) is 23.2 Å². The highest BCUT2D eigenvalue weighted by atomic mass is 32.2. The summed E-state index contributed by atoms with van der Waals surface area (Å²) in [7, 11) is -2.79. The van der Waals surface area contributed by atoms with E-state index in [1.165, 1.54) is 31.4 Å². The Balaban J connectivity index is 2.00. The maximum Gasteiger partial charge on any atom is 0.393 e. The van der Waals surface area contributed by atoms with E-state index in [1.807, 2.05) is 0 Å². The van der Waals surface area contributed by atoms with Crippen LogP contribution in [0.3, 0.4) is 0 Å². The van der Waals surface area contributed by atoms with Gasteiger partial charge in [-0.3, -0.25) is 4.79 Å². The van der Waals surface area contributed by atoms with Crippen LogP contribution in [0.2, 0.25) is 0 Å². The van der Waals surface area contributed by atoms with Crippen molar-refractivity contribution >= 4 is 21.6 Å². The SMILES string of the molecule is COc1cc(F)ccc1Oc1cc(CC(F)(F)F)ccc1C(=O)Nc1cccc(S(N)(=O)=O)c1. The first-order chi connectivity index (χ1) is 15.9. The van der Waals surface area contributed by atoms with Crippen molar-refractivity contribution in [3.05, 3.63) is 77.6 Å².